The van der Waals surface area contributed by atoms with E-state index in [1.165, 1.54) is 23.5 Å². The predicted molar refractivity (Wildman–Crippen MR) is 78.0 cm³/mol. The standard InChI is InChI=1S/C14H23NO4S/c1-11(2)19-10-9-15(4)20(17,18)14-7-5-13(6-8-14)12(3)16/h5-8,11-12,16H,9-10H2,1-4H3. The topological polar surface area (TPSA) is 66.8 Å². The lowest BCUT2D eigenvalue weighted by Gasteiger charge is -2.18. The number of aliphatic hydroxyl groups is 1. The zero-order valence-electron chi connectivity index (χ0n) is 12.4. The van der Waals surface area contributed by atoms with Crippen LogP contribution < -0.4 is 0 Å². The summed E-state index contributed by atoms with van der Waals surface area (Å²) in [5, 5.41) is 9.42. The molecule has 5 nitrogen and oxygen atoms in total. The van der Waals surface area contributed by atoms with Crippen molar-refractivity contribution in [3.05, 3.63) is 29.8 Å². The molecule has 0 fully saturated rings. The Morgan fingerprint density at radius 3 is 2.20 bits per heavy atom. The van der Waals surface area contributed by atoms with Gasteiger partial charge in [0, 0.05) is 13.6 Å². The van der Waals surface area contributed by atoms with Gasteiger partial charge in [0.05, 0.1) is 23.7 Å². The highest BCUT2D eigenvalue weighted by Crippen LogP contribution is 2.18. The van der Waals surface area contributed by atoms with E-state index in [1.807, 2.05) is 13.8 Å². The molecule has 1 N–H and O–H groups in total. The van der Waals surface area contributed by atoms with Crippen LogP contribution in [-0.2, 0) is 14.8 Å². The van der Waals surface area contributed by atoms with Gasteiger partial charge in [-0.3, -0.25) is 0 Å². The van der Waals surface area contributed by atoms with Crippen LogP contribution in [-0.4, -0.2) is 44.1 Å². The number of hydrogen-bond acceptors (Lipinski definition) is 4. The van der Waals surface area contributed by atoms with Gasteiger partial charge in [-0.25, -0.2) is 8.42 Å². The first-order valence-corrected chi connectivity index (χ1v) is 8.05. The Kier molecular flexibility index (Phi) is 6.13. The average Bonchev–Trinajstić information content (AvgIpc) is 2.38. The third-order valence-electron chi connectivity index (χ3n) is 2.93. The molecule has 1 unspecified atom stereocenters. The van der Waals surface area contributed by atoms with Gasteiger partial charge in [-0.1, -0.05) is 12.1 Å². The summed E-state index contributed by atoms with van der Waals surface area (Å²) in [7, 11) is -1.98. The number of rotatable bonds is 7. The monoisotopic (exact) mass is 301 g/mol. The summed E-state index contributed by atoms with van der Waals surface area (Å²) in [5.41, 5.74) is 0.690. The van der Waals surface area contributed by atoms with Gasteiger partial charge in [-0.15, -0.1) is 0 Å². The van der Waals surface area contributed by atoms with Crippen LogP contribution in [0.4, 0.5) is 0 Å². The maximum Gasteiger partial charge on any atom is 0.242 e. The van der Waals surface area contributed by atoms with Gasteiger partial charge in [0.25, 0.3) is 0 Å². The summed E-state index contributed by atoms with van der Waals surface area (Å²) < 4.78 is 31.2. The first-order valence-electron chi connectivity index (χ1n) is 6.61. The van der Waals surface area contributed by atoms with Crippen LogP contribution >= 0.6 is 0 Å². The lowest BCUT2D eigenvalue weighted by Crippen LogP contribution is -2.30. The SMILES string of the molecule is CC(C)OCCN(C)S(=O)(=O)c1ccc(C(C)O)cc1. The summed E-state index contributed by atoms with van der Waals surface area (Å²) in [6.07, 6.45) is -0.527. The van der Waals surface area contributed by atoms with Crippen LogP contribution in [0.5, 0.6) is 0 Å². The molecule has 0 heterocycles. The van der Waals surface area contributed by atoms with Crippen molar-refractivity contribution in [3.8, 4) is 0 Å². The van der Waals surface area contributed by atoms with E-state index in [0.29, 0.717) is 18.7 Å². The highest BCUT2D eigenvalue weighted by atomic mass is 32.2. The molecular formula is C14H23NO4S. The van der Waals surface area contributed by atoms with Gasteiger partial charge in [0.1, 0.15) is 0 Å². The summed E-state index contributed by atoms with van der Waals surface area (Å²) in [6.45, 7) is 6.11. The third kappa shape index (κ3) is 4.56. The van der Waals surface area contributed by atoms with E-state index < -0.39 is 16.1 Å². The molecule has 0 aromatic heterocycles. The number of likely N-dealkylation sites (N-methyl/N-ethyl adjacent to an activating group) is 1. The summed E-state index contributed by atoms with van der Waals surface area (Å²) >= 11 is 0. The van der Waals surface area contributed by atoms with Crippen LogP contribution in [0.1, 0.15) is 32.4 Å². The van der Waals surface area contributed by atoms with Crippen LogP contribution in [0.3, 0.4) is 0 Å². The molecule has 1 rings (SSSR count). The second-order valence-electron chi connectivity index (χ2n) is 4.99. The van der Waals surface area contributed by atoms with Gasteiger partial charge >= 0.3 is 0 Å². The van der Waals surface area contributed by atoms with E-state index in [1.54, 1.807) is 19.1 Å². The fourth-order valence-electron chi connectivity index (χ4n) is 1.64. The normalized spacial score (nSPS) is 13.9. The zero-order chi connectivity index (χ0) is 15.3. The van der Waals surface area contributed by atoms with Crippen molar-refractivity contribution in [2.45, 2.75) is 37.9 Å². The van der Waals surface area contributed by atoms with E-state index in [4.69, 9.17) is 4.74 Å². The fraction of sp³-hybridized carbons (Fsp3) is 0.571. The first-order chi connectivity index (χ1) is 9.25. The largest absolute Gasteiger partial charge is 0.389 e. The minimum absolute atomic E-state index is 0.0800. The van der Waals surface area contributed by atoms with Crippen molar-refractivity contribution >= 4 is 10.0 Å². The van der Waals surface area contributed by atoms with Gasteiger partial charge < -0.3 is 9.84 Å². The highest BCUT2D eigenvalue weighted by Gasteiger charge is 2.20. The molecule has 0 amide bonds. The second-order valence-corrected chi connectivity index (χ2v) is 7.04. The number of aliphatic hydroxyl groups excluding tert-OH is 1. The Balaban J connectivity index is 2.76. The van der Waals surface area contributed by atoms with Gasteiger partial charge in [-0.2, -0.15) is 4.31 Å². The lowest BCUT2D eigenvalue weighted by atomic mass is 10.1. The van der Waals surface area contributed by atoms with Crippen LogP contribution in [0.15, 0.2) is 29.2 Å². The van der Waals surface area contributed by atoms with Crippen LogP contribution in [0.2, 0.25) is 0 Å². The first kappa shape index (κ1) is 17.1. The molecule has 0 spiro atoms. The van der Waals surface area contributed by atoms with E-state index in [0.717, 1.165) is 0 Å². The Morgan fingerprint density at radius 1 is 1.20 bits per heavy atom. The molecule has 0 bridgehead atoms. The molecule has 0 aliphatic heterocycles. The molecule has 0 aliphatic rings. The molecule has 6 heteroatoms. The number of hydrogen-bond donors (Lipinski definition) is 1. The van der Waals surface area contributed by atoms with Crippen molar-refractivity contribution < 1.29 is 18.3 Å². The van der Waals surface area contributed by atoms with E-state index in [-0.39, 0.29) is 11.0 Å². The molecule has 114 valence electrons. The Labute approximate surface area is 121 Å². The van der Waals surface area contributed by atoms with Gasteiger partial charge in [-0.05, 0) is 38.5 Å². The maximum atomic E-state index is 12.3. The molecule has 0 saturated carbocycles. The molecule has 0 aliphatic carbocycles. The number of ether oxygens (including phenoxy) is 1. The van der Waals surface area contributed by atoms with Gasteiger partial charge in [0.2, 0.25) is 10.0 Å². The predicted octanol–water partition coefficient (Wildman–Crippen LogP) is 1.79. The summed E-state index contributed by atoms with van der Waals surface area (Å²) in [5.74, 6) is 0. The molecule has 1 atom stereocenters. The quantitative estimate of drug-likeness (QED) is 0.833. The minimum Gasteiger partial charge on any atom is -0.389 e. The van der Waals surface area contributed by atoms with Gasteiger partial charge in [0.15, 0.2) is 0 Å². The third-order valence-corrected chi connectivity index (χ3v) is 4.80. The Hall–Kier alpha value is -0.950. The van der Waals surface area contributed by atoms with Crippen molar-refractivity contribution in [3.63, 3.8) is 0 Å². The molecule has 20 heavy (non-hydrogen) atoms. The van der Waals surface area contributed by atoms with Crippen molar-refractivity contribution in [2.24, 2.45) is 0 Å². The van der Waals surface area contributed by atoms with Crippen LogP contribution in [0, 0.1) is 0 Å². The lowest BCUT2D eigenvalue weighted by molar-refractivity contribution is 0.0737. The smallest absolute Gasteiger partial charge is 0.242 e. The molecular weight excluding hydrogens is 278 g/mol. The number of nitrogens with zero attached hydrogens (tertiary/aromatic N) is 1. The Bertz CT molecular complexity index is 508. The molecule has 1 aromatic rings. The van der Waals surface area contributed by atoms with Crippen molar-refractivity contribution in [1.29, 1.82) is 0 Å². The molecule has 1 aromatic carbocycles. The number of sulfonamides is 1. The van der Waals surface area contributed by atoms with E-state index in [2.05, 4.69) is 0 Å². The molecule has 0 radical (unpaired) electrons. The molecule has 0 saturated heterocycles. The zero-order valence-corrected chi connectivity index (χ0v) is 13.2. The minimum atomic E-state index is -3.51. The average molecular weight is 301 g/mol. The highest BCUT2D eigenvalue weighted by molar-refractivity contribution is 7.89. The Morgan fingerprint density at radius 2 is 1.75 bits per heavy atom. The second kappa shape index (κ2) is 7.17. The van der Waals surface area contributed by atoms with E-state index >= 15 is 0 Å². The van der Waals surface area contributed by atoms with Crippen LogP contribution in [0.25, 0.3) is 0 Å². The van der Waals surface area contributed by atoms with E-state index in [9.17, 15) is 13.5 Å². The summed E-state index contributed by atoms with van der Waals surface area (Å²) in [6, 6.07) is 6.26. The van der Waals surface area contributed by atoms with Crippen molar-refractivity contribution in [2.75, 3.05) is 20.2 Å². The fourth-order valence-corrected chi connectivity index (χ4v) is 2.79. The summed E-state index contributed by atoms with van der Waals surface area (Å²) in [4.78, 5) is 0.217. The number of benzene rings is 1. The maximum absolute atomic E-state index is 12.3. The van der Waals surface area contributed by atoms with Crippen molar-refractivity contribution in [1.82, 2.24) is 4.31 Å².